The van der Waals surface area contributed by atoms with Gasteiger partial charge in [-0.15, -0.1) is 0 Å². The second-order valence-corrected chi connectivity index (χ2v) is 7.12. The third-order valence-electron chi connectivity index (χ3n) is 4.99. The van der Waals surface area contributed by atoms with Gasteiger partial charge in [0.2, 0.25) is 0 Å². The molecule has 0 saturated heterocycles. The lowest BCUT2D eigenvalue weighted by atomic mass is 9.98. The Hall–Kier alpha value is -3.68. The van der Waals surface area contributed by atoms with E-state index in [-0.39, 0.29) is 23.6 Å². The molecule has 2 aromatic carbocycles. The molecule has 8 heteroatoms. The molecule has 0 aliphatic heterocycles. The van der Waals surface area contributed by atoms with Crippen LogP contribution in [0.2, 0.25) is 0 Å². The Morgan fingerprint density at radius 1 is 1.13 bits per heavy atom. The van der Waals surface area contributed by atoms with E-state index in [1.165, 1.54) is 0 Å². The Bertz CT molecular complexity index is 1090. The Morgan fingerprint density at radius 3 is 2.57 bits per heavy atom. The van der Waals surface area contributed by atoms with Gasteiger partial charge < -0.3 is 20.8 Å². The van der Waals surface area contributed by atoms with Crippen molar-refractivity contribution in [3.8, 4) is 0 Å². The SMILES string of the molecule is CCOC(=O)C(CCc1cccc(C(=N)N)c1)Cn1cnc2ccc(C(=N)N)cc21. The van der Waals surface area contributed by atoms with Crippen LogP contribution in [-0.2, 0) is 22.5 Å². The fourth-order valence-electron chi connectivity index (χ4n) is 3.39. The number of rotatable bonds is 9. The van der Waals surface area contributed by atoms with Crippen molar-refractivity contribution in [2.24, 2.45) is 17.4 Å². The van der Waals surface area contributed by atoms with Gasteiger partial charge in [-0.2, -0.15) is 0 Å². The van der Waals surface area contributed by atoms with Gasteiger partial charge in [0, 0.05) is 17.7 Å². The molecule has 0 aliphatic carbocycles. The van der Waals surface area contributed by atoms with E-state index in [1.807, 2.05) is 34.9 Å². The summed E-state index contributed by atoms with van der Waals surface area (Å²) in [5.41, 5.74) is 15.1. The number of nitrogens with one attached hydrogen (secondary N) is 2. The van der Waals surface area contributed by atoms with Crippen molar-refractivity contribution in [3.05, 3.63) is 65.5 Å². The minimum Gasteiger partial charge on any atom is -0.466 e. The van der Waals surface area contributed by atoms with E-state index in [9.17, 15) is 4.79 Å². The van der Waals surface area contributed by atoms with Crippen molar-refractivity contribution in [1.29, 1.82) is 10.8 Å². The van der Waals surface area contributed by atoms with Gasteiger partial charge in [0.1, 0.15) is 11.7 Å². The summed E-state index contributed by atoms with van der Waals surface area (Å²) in [5.74, 6) is -0.629. The maximum absolute atomic E-state index is 12.6. The number of amidine groups is 2. The fourth-order valence-corrected chi connectivity index (χ4v) is 3.39. The average Bonchev–Trinajstić information content (AvgIpc) is 3.13. The first-order chi connectivity index (χ1) is 14.4. The number of aryl methyl sites for hydroxylation is 1. The molecule has 0 aliphatic rings. The van der Waals surface area contributed by atoms with Gasteiger partial charge in [-0.05, 0) is 49.6 Å². The Morgan fingerprint density at radius 2 is 1.87 bits per heavy atom. The van der Waals surface area contributed by atoms with Crippen molar-refractivity contribution in [1.82, 2.24) is 9.55 Å². The number of nitrogen functional groups attached to an aromatic ring is 2. The summed E-state index contributed by atoms with van der Waals surface area (Å²) in [6.07, 6.45) is 2.92. The van der Waals surface area contributed by atoms with E-state index in [0.29, 0.717) is 37.1 Å². The van der Waals surface area contributed by atoms with Crippen molar-refractivity contribution < 1.29 is 9.53 Å². The standard InChI is InChI=1S/C22H26N6O2/c1-2-30-22(29)17(7-6-14-4-3-5-15(10-14)20(23)24)12-28-13-27-18-9-8-16(21(25)26)11-19(18)28/h3-5,8-11,13,17H,2,6-7,12H2,1H3,(H3,23,24)(H3,25,26). The third-order valence-corrected chi connectivity index (χ3v) is 4.99. The Balaban J connectivity index is 1.82. The molecule has 0 spiro atoms. The van der Waals surface area contributed by atoms with E-state index < -0.39 is 0 Å². The van der Waals surface area contributed by atoms with Crippen LogP contribution in [0.4, 0.5) is 0 Å². The maximum Gasteiger partial charge on any atom is 0.310 e. The number of benzene rings is 2. The normalized spacial score (nSPS) is 11.9. The highest BCUT2D eigenvalue weighted by Gasteiger charge is 2.21. The molecule has 6 N–H and O–H groups in total. The van der Waals surface area contributed by atoms with Gasteiger partial charge in [-0.1, -0.05) is 18.2 Å². The summed E-state index contributed by atoms with van der Waals surface area (Å²) in [7, 11) is 0. The Labute approximate surface area is 174 Å². The molecule has 0 amide bonds. The maximum atomic E-state index is 12.6. The summed E-state index contributed by atoms with van der Waals surface area (Å²) in [5, 5.41) is 15.3. The van der Waals surface area contributed by atoms with E-state index in [2.05, 4.69) is 4.98 Å². The summed E-state index contributed by atoms with van der Waals surface area (Å²) >= 11 is 0. The second-order valence-electron chi connectivity index (χ2n) is 7.12. The highest BCUT2D eigenvalue weighted by Crippen LogP contribution is 2.20. The van der Waals surface area contributed by atoms with E-state index in [1.54, 1.807) is 25.4 Å². The lowest BCUT2D eigenvalue weighted by Gasteiger charge is -2.17. The number of hydrogen-bond acceptors (Lipinski definition) is 5. The number of hydrogen-bond donors (Lipinski definition) is 4. The van der Waals surface area contributed by atoms with Crippen molar-refractivity contribution >= 4 is 28.7 Å². The van der Waals surface area contributed by atoms with Crippen LogP contribution in [-0.4, -0.2) is 33.8 Å². The molecule has 1 heterocycles. The lowest BCUT2D eigenvalue weighted by Crippen LogP contribution is -2.23. The number of carbonyl (C=O) groups is 1. The fraction of sp³-hybridized carbons (Fsp3) is 0.273. The molecule has 8 nitrogen and oxygen atoms in total. The molecular weight excluding hydrogens is 380 g/mol. The summed E-state index contributed by atoms with van der Waals surface area (Å²) in [4.78, 5) is 17.0. The van der Waals surface area contributed by atoms with Crippen LogP contribution < -0.4 is 11.5 Å². The van der Waals surface area contributed by atoms with Crippen LogP contribution in [0.25, 0.3) is 11.0 Å². The molecule has 1 aromatic heterocycles. The minimum absolute atomic E-state index is 0.0167. The number of carbonyl (C=O) groups excluding carboxylic acids is 1. The topological polar surface area (TPSA) is 144 Å². The van der Waals surface area contributed by atoms with Gasteiger partial charge in [0.05, 0.1) is 29.9 Å². The van der Waals surface area contributed by atoms with Gasteiger partial charge >= 0.3 is 5.97 Å². The highest BCUT2D eigenvalue weighted by molar-refractivity contribution is 5.98. The van der Waals surface area contributed by atoms with E-state index >= 15 is 0 Å². The molecule has 0 bridgehead atoms. The lowest BCUT2D eigenvalue weighted by molar-refractivity contribution is -0.148. The zero-order valence-electron chi connectivity index (χ0n) is 16.9. The third kappa shape index (κ3) is 4.83. The molecule has 0 saturated carbocycles. The molecule has 1 atom stereocenters. The van der Waals surface area contributed by atoms with E-state index in [4.69, 9.17) is 27.0 Å². The van der Waals surface area contributed by atoms with Gasteiger partial charge in [-0.25, -0.2) is 4.98 Å². The largest absolute Gasteiger partial charge is 0.466 e. The summed E-state index contributed by atoms with van der Waals surface area (Å²) < 4.78 is 7.19. The van der Waals surface area contributed by atoms with Crippen molar-refractivity contribution in [2.75, 3.05) is 6.61 Å². The number of nitrogens with two attached hydrogens (primary N) is 2. The molecule has 1 unspecified atom stereocenters. The second kappa shape index (κ2) is 9.21. The van der Waals surface area contributed by atoms with Crippen LogP contribution in [0.15, 0.2) is 48.8 Å². The number of nitrogens with zero attached hydrogens (tertiary/aromatic N) is 2. The van der Waals surface area contributed by atoms with Crippen molar-refractivity contribution in [3.63, 3.8) is 0 Å². The zero-order valence-corrected chi connectivity index (χ0v) is 16.9. The number of aromatic nitrogens is 2. The predicted octanol–water partition coefficient (Wildman–Crippen LogP) is 2.42. The molecule has 3 aromatic rings. The Kier molecular flexibility index (Phi) is 6.46. The highest BCUT2D eigenvalue weighted by atomic mass is 16.5. The number of esters is 1. The molecular formula is C22H26N6O2. The smallest absolute Gasteiger partial charge is 0.310 e. The molecule has 0 radical (unpaired) electrons. The first-order valence-electron chi connectivity index (χ1n) is 9.78. The monoisotopic (exact) mass is 406 g/mol. The molecule has 30 heavy (non-hydrogen) atoms. The van der Waals surface area contributed by atoms with Crippen LogP contribution in [0.1, 0.15) is 30.0 Å². The zero-order chi connectivity index (χ0) is 21.7. The number of ether oxygens (including phenoxy) is 1. The first-order valence-corrected chi connectivity index (χ1v) is 9.78. The molecule has 156 valence electrons. The van der Waals surface area contributed by atoms with Gasteiger partial charge in [-0.3, -0.25) is 15.6 Å². The first kappa shape index (κ1) is 21.0. The number of imidazole rings is 1. The quantitative estimate of drug-likeness (QED) is 0.245. The van der Waals surface area contributed by atoms with Crippen molar-refractivity contribution in [2.45, 2.75) is 26.3 Å². The van der Waals surface area contributed by atoms with Crippen LogP contribution in [0.3, 0.4) is 0 Å². The molecule has 3 rings (SSSR count). The van der Waals surface area contributed by atoms with Gasteiger partial charge in [0.15, 0.2) is 0 Å². The number of fused-ring (bicyclic) bond motifs is 1. The molecule has 0 fully saturated rings. The summed E-state index contributed by atoms with van der Waals surface area (Å²) in [6, 6.07) is 12.9. The summed E-state index contributed by atoms with van der Waals surface area (Å²) in [6.45, 7) is 2.51. The van der Waals surface area contributed by atoms with Gasteiger partial charge in [0.25, 0.3) is 0 Å². The van der Waals surface area contributed by atoms with E-state index in [0.717, 1.165) is 16.6 Å². The van der Waals surface area contributed by atoms with Crippen LogP contribution in [0, 0.1) is 16.7 Å². The van der Waals surface area contributed by atoms with Crippen LogP contribution in [0.5, 0.6) is 0 Å². The minimum atomic E-state index is -0.371. The van der Waals surface area contributed by atoms with Crippen LogP contribution >= 0.6 is 0 Å². The average molecular weight is 406 g/mol. The predicted molar refractivity (Wildman–Crippen MR) is 117 cm³/mol.